The monoisotopic (exact) mass is 434 g/mol. The average Bonchev–Trinajstić information content (AvgIpc) is 2.73. The molecule has 0 bridgehead atoms. The molecule has 0 saturated heterocycles. The summed E-state index contributed by atoms with van der Waals surface area (Å²) in [5, 5.41) is 3.17. The van der Waals surface area contributed by atoms with Crippen LogP contribution in [0.3, 0.4) is 0 Å². The maximum absolute atomic E-state index is 13.7. The number of carbonyl (C=O) groups excluding carboxylic acids is 1. The quantitative estimate of drug-likeness (QED) is 0.506. The SMILES string of the molecule is CCCC1=C(C(=O)OC)C(c2ccccc2C(F)(F)F)NC(=S)N1c1ccccc1. The molecular weight excluding hydrogens is 413 g/mol. The third kappa shape index (κ3) is 4.18. The van der Waals surface area contributed by atoms with E-state index in [1.165, 1.54) is 25.3 Å². The predicted molar refractivity (Wildman–Crippen MR) is 113 cm³/mol. The fourth-order valence-electron chi connectivity index (χ4n) is 3.59. The molecule has 0 spiro atoms. The average molecular weight is 434 g/mol. The van der Waals surface area contributed by atoms with Crippen LogP contribution in [0.1, 0.15) is 36.9 Å². The van der Waals surface area contributed by atoms with E-state index in [0.29, 0.717) is 24.2 Å². The largest absolute Gasteiger partial charge is 0.466 e. The van der Waals surface area contributed by atoms with Gasteiger partial charge >= 0.3 is 12.1 Å². The van der Waals surface area contributed by atoms with Gasteiger partial charge in [-0.15, -0.1) is 0 Å². The smallest absolute Gasteiger partial charge is 0.416 e. The summed E-state index contributed by atoms with van der Waals surface area (Å²) < 4.78 is 46.1. The van der Waals surface area contributed by atoms with Crippen LogP contribution in [-0.2, 0) is 15.7 Å². The lowest BCUT2D eigenvalue weighted by Crippen LogP contribution is -2.49. The summed E-state index contributed by atoms with van der Waals surface area (Å²) in [4.78, 5) is 14.5. The number of hydrogen-bond acceptors (Lipinski definition) is 3. The number of benzene rings is 2. The Labute approximate surface area is 178 Å². The third-order valence-corrected chi connectivity index (χ3v) is 5.12. The number of rotatable bonds is 5. The van der Waals surface area contributed by atoms with Gasteiger partial charge in [0.15, 0.2) is 5.11 Å². The fourth-order valence-corrected chi connectivity index (χ4v) is 3.92. The molecule has 1 heterocycles. The van der Waals surface area contributed by atoms with E-state index in [4.69, 9.17) is 17.0 Å². The van der Waals surface area contributed by atoms with Crippen molar-refractivity contribution in [1.82, 2.24) is 5.32 Å². The molecule has 0 aromatic heterocycles. The van der Waals surface area contributed by atoms with E-state index in [9.17, 15) is 18.0 Å². The van der Waals surface area contributed by atoms with Gasteiger partial charge in [-0.25, -0.2) is 4.79 Å². The van der Waals surface area contributed by atoms with E-state index in [1.807, 2.05) is 37.3 Å². The van der Waals surface area contributed by atoms with Gasteiger partial charge in [-0.2, -0.15) is 13.2 Å². The second kappa shape index (κ2) is 8.87. The maximum atomic E-state index is 13.7. The van der Waals surface area contributed by atoms with Crippen LogP contribution in [0.2, 0.25) is 0 Å². The fraction of sp³-hybridized carbons (Fsp3) is 0.273. The first-order valence-corrected chi connectivity index (χ1v) is 9.83. The van der Waals surface area contributed by atoms with Crippen LogP contribution in [0.15, 0.2) is 65.9 Å². The molecule has 2 aromatic rings. The van der Waals surface area contributed by atoms with Crippen LogP contribution in [0, 0.1) is 0 Å². The Bertz CT molecular complexity index is 974. The number of carbonyl (C=O) groups is 1. The Morgan fingerprint density at radius 3 is 2.37 bits per heavy atom. The molecule has 2 aromatic carbocycles. The minimum atomic E-state index is -4.58. The number of halogens is 3. The first-order chi connectivity index (χ1) is 14.3. The molecule has 1 atom stereocenters. The highest BCUT2D eigenvalue weighted by Crippen LogP contribution is 2.41. The van der Waals surface area contributed by atoms with Crippen LogP contribution < -0.4 is 10.2 Å². The number of hydrogen-bond donors (Lipinski definition) is 1. The molecular formula is C22H21F3N2O2S. The summed E-state index contributed by atoms with van der Waals surface area (Å²) in [5.41, 5.74) is 0.460. The number of nitrogens with one attached hydrogen (secondary N) is 1. The van der Waals surface area contributed by atoms with Gasteiger partial charge in [0, 0.05) is 11.4 Å². The van der Waals surface area contributed by atoms with Crippen molar-refractivity contribution in [3.8, 4) is 0 Å². The maximum Gasteiger partial charge on any atom is 0.416 e. The zero-order valence-corrected chi connectivity index (χ0v) is 17.3. The van der Waals surface area contributed by atoms with Gasteiger partial charge in [0.05, 0.1) is 24.3 Å². The van der Waals surface area contributed by atoms with Gasteiger partial charge in [-0.3, -0.25) is 4.90 Å². The third-order valence-electron chi connectivity index (χ3n) is 4.82. The van der Waals surface area contributed by atoms with Crippen molar-refractivity contribution in [3.63, 3.8) is 0 Å². The van der Waals surface area contributed by atoms with Crippen molar-refractivity contribution >= 4 is 29.0 Å². The summed E-state index contributed by atoms with van der Waals surface area (Å²) in [6.07, 6.45) is -3.48. The van der Waals surface area contributed by atoms with Gasteiger partial charge in [0.25, 0.3) is 0 Å². The number of esters is 1. The number of para-hydroxylation sites is 1. The highest BCUT2D eigenvalue weighted by atomic mass is 32.1. The van der Waals surface area contributed by atoms with Gasteiger partial charge in [-0.05, 0) is 42.4 Å². The Balaban J connectivity index is 2.27. The number of thiocarbonyl (C=S) groups is 1. The lowest BCUT2D eigenvalue weighted by atomic mass is 9.89. The van der Waals surface area contributed by atoms with Crippen molar-refractivity contribution in [2.45, 2.75) is 32.0 Å². The molecule has 0 radical (unpaired) electrons. The molecule has 1 N–H and O–H groups in total. The lowest BCUT2D eigenvalue weighted by molar-refractivity contribution is -0.139. The second-order valence-corrected chi connectivity index (χ2v) is 7.13. The second-order valence-electron chi connectivity index (χ2n) is 6.74. The number of anilines is 1. The zero-order chi connectivity index (χ0) is 21.9. The van der Waals surface area contributed by atoms with Crippen LogP contribution in [-0.4, -0.2) is 18.2 Å². The normalized spacial score (nSPS) is 17.0. The summed E-state index contributed by atoms with van der Waals surface area (Å²) in [7, 11) is 1.21. The van der Waals surface area contributed by atoms with Crippen LogP contribution in [0.25, 0.3) is 0 Å². The van der Waals surface area contributed by atoms with Gasteiger partial charge in [0.1, 0.15) is 0 Å². The first-order valence-electron chi connectivity index (χ1n) is 9.42. The Morgan fingerprint density at radius 1 is 1.13 bits per heavy atom. The Morgan fingerprint density at radius 2 is 1.77 bits per heavy atom. The van der Waals surface area contributed by atoms with Crippen molar-refractivity contribution in [2.75, 3.05) is 12.0 Å². The first kappa shape index (κ1) is 21.8. The van der Waals surface area contributed by atoms with E-state index < -0.39 is 23.8 Å². The van der Waals surface area contributed by atoms with E-state index >= 15 is 0 Å². The zero-order valence-electron chi connectivity index (χ0n) is 16.5. The molecule has 1 aliphatic rings. The Hall–Kier alpha value is -2.87. The van der Waals surface area contributed by atoms with Crippen LogP contribution in [0.5, 0.6) is 0 Å². The molecule has 8 heteroatoms. The van der Waals surface area contributed by atoms with Crippen LogP contribution in [0.4, 0.5) is 18.9 Å². The molecule has 1 unspecified atom stereocenters. The molecule has 0 saturated carbocycles. The molecule has 0 aliphatic carbocycles. The van der Waals surface area contributed by atoms with E-state index in [1.54, 1.807) is 4.90 Å². The standard InChI is InChI=1S/C22H21F3N2O2S/c1-3-9-17-18(20(28)29-2)19(15-12-7-8-13-16(15)22(23,24)25)26-21(30)27(17)14-10-5-4-6-11-14/h4-8,10-13,19H,3,9H2,1-2H3,(H,26,30). The summed E-state index contributed by atoms with van der Waals surface area (Å²) >= 11 is 5.54. The minimum Gasteiger partial charge on any atom is -0.466 e. The molecule has 4 nitrogen and oxygen atoms in total. The van der Waals surface area contributed by atoms with E-state index in [-0.39, 0.29) is 16.2 Å². The van der Waals surface area contributed by atoms with Crippen molar-refractivity contribution < 1.29 is 22.7 Å². The summed E-state index contributed by atoms with van der Waals surface area (Å²) in [6, 6.07) is 13.2. The van der Waals surface area contributed by atoms with Crippen LogP contribution >= 0.6 is 12.2 Å². The van der Waals surface area contributed by atoms with E-state index in [0.717, 1.165) is 6.07 Å². The van der Waals surface area contributed by atoms with Crippen molar-refractivity contribution in [2.24, 2.45) is 0 Å². The number of methoxy groups -OCH3 is 1. The van der Waals surface area contributed by atoms with Crippen molar-refractivity contribution in [3.05, 3.63) is 77.0 Å². The number of allylic oxidation sites excluding steroid dienone is 1. The van der Waals surface area contributed by atoms with Gasteiger partial charge < -0.3 is 10.1 Å². The Kier molecular flexibility index (Phi) is 6.45. The van der Waals surface area contributed by atoms with Crippen molar-refractivity contribution in [1.29, 1.82) is 0 Å². The lowest BCUT2D eigenvalue weighted by Gasteiger charge is -2.39. The predicted octanol–water partition coefficient (Wildman–Crippen LogP) is 5.37. The number of alkyl halides is 3. The molecule has 158 valence electrons. The summed E-state index contributed by atoms with van der Waals surface area (Å²) in [6.45, 7) is 1.93. The number of ether oxygens (including phenoxy) is 1. The topological polar surface area (TPSA) is 41.6 Å². The molecule has 30 heavy (non-hydrogen) atoms. The van der Waals surface area contributed by atoms with Gasteiger partial charge in [-0.1, -0.05) is 49.7 Å². The van der Waals surface area contributed by atoms with Gasteiger partial charge in [0.2, 0.25) is 0 Å². The number of nitrogens with zero attached hydrogens (tertiary/aromatic N) is 1. The van der Waals surface area contributed by atoms with E-state index in [2.05, 4.69) is 5.32 Å². The summed E-state index contributed by atoms with van der Waals surface area (Å²) in [5.74, 6) is -0.698. The highest BCUT2D eigenvalue weighted by molar-refractivity contribution is 7.80. The minimum absolute atomic E-state index is 0.0749. The molecule has 0 amide bonds. The highest BCUT2D eigenvalue weighted by Gasteiger charge is 2.41. The molecule has 3 rings (SSSR count). The molecule has 1 aliphatic heterocycles. The molecule has 0 fully saturated rings.